The molecule has 1 aliphatic rings. The molecule has 1 aliphatic carbocycles. The average Bonchev–Trinajstić information content (AvgIpc) is 2.42. The summed E-state index contributed by atoms with van der Waals surface area (Å²) in [5, 5.41) is 0.430. The van der Waals surface area contributed by atoms with Gasteiger partial charge in [-0.15, -0.1) is 0 Å². The van der Waals surface area contributed by atoms with Crippen LogP contribution in [-0.2, 0) is 11.3 Å². The summed E-state index contributed by atoms with van der Waals surface area (Å²) >= 11 is 5.97. The molecule has 1 saturated carbocycles. The SMILES string of the molecule is NCC1CCCCC1COCc1c(F)cccc1Cl. The molecule has 0 heterocycles. The molecule has 2 unspecified atom stereocenters. The molecular formula is C15H21ClFNO. The van der Waals surface area contributed by atoms with Crippen LogP contribution in [0, 0.1) is 17.7 Å². The maximum Gasteiger partial charge on any atom is 0.130 e. The topological polar surface area (TPSA) is 35.2 Å². The molecule has 2 atom stereocenters. The van der Waals surface area contributed by atoms with Crippen molar-refractivity contribution in [3.05, 3.63) is 34.6 Å². The first kappa shape index (κ1) is 14.8. The van der Waals surface area contributed by atoms with Crippen LogP contribution >= 0.6 is 11.6 Å². The van der Waals surface area contributed by atoms with Crippen molar-refractivity contribution in [3.63, 3.8) is 0 Å². The largest absolute Gasteiger partial charge is 0.376 e. The summed E-state index contributed by atoms with van der Waals surface area (Å²) in [6.07, 6.45) is 4.85. The predicted molar refractivity (Wildman–Crippen MR) is 75.6 cm³/mol. The highest BCUT2D eigenvalue weighted by Crippen LogP contribution is 2.30. The lowest BCUT2D eigenvalue weighted by atomic mass is 9.80. The van der Waals surface area contributed by atoms with Gasteiger partial charge in [-0.1, -0.05) is 30.5 Å². The minimum atomic E-state index is -0.300. The molecule has 0 aliphatic heterocycles. The molecule has 106 valence electrons. The van der Waals surface area contributed by atoms with Crippen LogP contribution in [0.25, 0.3) is 0 Å². The van der Waals surface area contributed by atoms with Crippen molar-refractivity contribution in [2.45, 2.75) is 32.3 Å². The minimum Gasteiger partial charge on any atom is -0.376 e. The molecule has 2 nitrogen and oxygen atoms in total. The van der Waals surface area contributed by atoms with Gasteiger partial charge in [0.05, 0.1) is 13.2 Å². The lowest BCUT2D eigenvalue weighted by molar-refractivity contribution is 0.0500. The fourth-order valence-electron chi connectivity index (χ4n) is 2.80. The lowest BCUT2D eigenvalue weighted by Gasteiger charge is -2.30. The first-order valence-corrected chi connectivity index (χ1v) is 7.31. The molecule has 0 amide bonds. The van der Waals surface area contributed by atoms with E-state index in [1.165, 1.54) is 25.3 Å². The maximum atomic E-state index is 13.6. The summed E-state index contributed by atoms with van der Waals surface area (Å²) in [7, 11) is 0. The zero-order valence-electron chi connectivity index (χ0n) is 11.1. The number of benzene rings is 1. The van der Waals surface area contributed by atoms with Gasteiger partial charge in [0.1, 0.15) is 5.82 Å². The van der Waals surface area contributed by atoms with Crippen LogP contribution in [0.1, 0.15) is 31.2 Å². The van der Waals surface area contributed by atoms with E-state index in [0.717, 1.165) is 6.42 Å². The quantitative estimate of drug-likeness (QED) is 0.894. The molecule has 1 aromatic carbocycles. The highest BCUT2D eigenvalue weighted by atomic mass is 35.5. The van der Waals surface area contributed by atoms with Gasteiger partial charge in [-0.3, -0.25) is 0 Å². The second-order valence-electron chi connectivity index (χ2n) is 5.26. The minimum absolute atomic E-state index is 0.235. The molecule has 0 aromatic heterocycles. The summed E-state index contributed by atoms with van der Waals surface area (Å²) in [6, 6.07) is 4.70. The van der Waals surface area contributed by atoms with Gasteiger partial charge < -0.3 is 10.5 Å². The summed E-state index contributed by atoms with van der Waals surface area (Å²) in [5.41, 5.74) is 6.24. The Morgan fingerprint density at radius 3 is 2.68 bits per heavy atom. The van der Waals surface area contributed by atoms with Gasteiger partial charge in [0, 0.05) is 10.6 Å². The van der Waals surface area contributed by atoms with Crippen molar-refractivity contribution in [1.29, 1.82) is 0 Å². The zero-order chi connectivity index (χ0) is 13.7. The third kappa shape index (κ3) is 3.91. The van der Waals surface area contributed by atoms with Crippen LogP contribution in [0.5, 0.6) is 0 Å². The summed E-state index contributed by atoms with van der Waals surface area (Å²) in [6.45, 7) is 1.60. The lowest BCUT2D eigenvalue weighted by Crippen LogP contribution is -2.29. The number of nitrogens with two attached hydrogens (primary N) is 1. The average molecular weight is 286 g/mol. The van der Waals surface area contributed by atoms with E-state index in [1.807, 2.05) is 0 Å². The Labute approximate surface area is 119 Å². The molecule has 0 saturated heterocycles. The maximum absolute atomic E-state index is 13.6. The highest BCUT2D eigenvalue weighted by Gasteiger charge is 2.24. The van der Waals surface area contributed by atoms with Crippen LogP contribution in [0.4, 0.5) is 4.39 Å². The second kappa shape index (κ2) is 7.22. The fraction of sp³-hybridized carbons (Fsp3) is 0.600. The molecule has 1 fully saturated rings. The number of hydrogen-bond donors (Lipinski definition) is 1. The summed E-state index contributed by atoms with van der Waals surface area (Å²) < 4.78 is 19.2. The fourth-order valence-corrected chi connectivity index (χ4v) is 3.01. The number of hydrogen-bond acceptors (Lipinski definition) is 2. The van der Waals surface area contributed by atoms with E-state index in [0.29, 0.717) is 35.6 Å². The predicted octanol–water partition coefficient (Wildman–Crippen LogP) is 3.76. The second-order valence-corrected chi connectivity index (χ2v) is 5.66. The Morgan fingerprint density at radius 2 is 2.00 bits per heavy atom. The van der Waals surface area contributed by atoms with Crippen molar-refractivity contribution >= 4 is 11.6 Å². The molecule has 19 heavy (non-hydrogen) atoms. The highest BCUT2D eigenvalue weighted by molar-refractivity contribution is 6.31. The summed E-state index contributed by atoms with van der Waals surface area (Å²) in [4.78, 5) is 0. The normalized spacial score (nSPS) is 23.5. The van der Waals surface area contributed by atoms with E-state index in [2.05, 4.69) is 0 Å². The molecule has 1 aromatic rings. The molecule has 0 spiro atoms. The number of ether oxygens (including phenoxy) is 1. The van der Waals surface area contributed by atoms with E-state index in [1.54, 1.807) is 12.1 Å². The van der Waals surface area contributed by atoms with Crippen molar-refractivity contribution in [1.82, 2.24) is 0 Å². The van der Waals surface area contributed by atoms with Crippen LogP contribution in [0.2, 0.25) is 5.02 Å². The Morgan fingerprint density at radius 1 is 1.26 bits per heavy atom. The van der Waals surface area contributed by atoms with Gasteiger partial charge in [0.25, 0.3) is 0 Å². The van der Waals surface area contributed by atoms with E-state index in [4.69, 9.17) is 22.1 Å². The van der Waals surface area contributed by atoms with Gasteiger partial charge in [-0.05, 0) is 43.4 Å². The van der Waals surface area contributed by atoms with Crippen LogP contribution in [-0.4, -0.2) is 13.2 Å². The molecule has 2 N–H and O–H groups in total. The Balaban J connectivity index is 1.86. The number of rotatable bonds is 5. The van der Waals surface area contributed by atoms with Gasteiger partial charge in [0.15, 0.2) is 0 Å². The van der Waals surface area contributed by atoms with Crippen LogP contribution in [0.3, 0.4) is 0 Å². The van der Waals surface area contributed by atoms with E-state index in [-0.39, 0.29) is 12.4 Å². The van der Waals surface area contributed by atoms with E-state index < -0.39 is 0 Å². The van der Waals surface area contributed by atoms with Gasteiger partial charge in [-0.2, -0.15) is 0 Å². The van der Waals surface area contributed by atoms with Gasteiger partial charge in [-0.25, -0.2) is 4.39 Å². The molecule has 0 bridgehead atoms. The Bertz CT molecular complexity index is 393. The molecular weight excluding hydrogens is 265 g/mol. The zero-order valence-corrected chi connectivity index (χ0v) is 11.8. The molecule has 0 radical (unpaired) electrons. The van der Waals surface area contributed by atoms with Crippen molar-refractivity contribution < 1.29 is 9.13 Å². The van der Waals surface area contributed by atoms with Crippen molar-refractivity contribution in [3.8, 4) is 0 Å². The van der Waals surface area contributed by atoms with Gasteiger partial charge in [0.2, 0.25) is 0 Å². The summed E-state index contributed by atoms with van der Waals surface area (Å²) in [5.74, 6) is 0.751. The first-order valence-electron chi connectivity index (χ1n) is 6.93. The Hall–Kier alpha value is -0.640. The molecule has 2 rings (SSSR count). The first-order chi connectivity index (χ1) is 9.22. The van der Waals surface area contributed by atoms with E-state index >= 15 is 0 Å². The Kier molecular flexibility index (Phi) is 5.61. The molecule has 4 heteroatoms. The van der Waals surface area contributed by atoms with Crippen LogP contribution in [0.15, 0.2) is 18.2 Å². The van der Waals surface area contributed by atoms with Crippen molar-refractivity contribution in [2.75, 3.05) is 13.2 Å². The van der Waals surface area contributed by atoms with Crippen molar-refractivity contribution in [2.24, 2.45) is 17.6 Å². The van der Waals surface area contributed by atoms with E-state index in [9.17, 15) is 4.39 Å². The third-order valence-corrected chi connectivity index (χ3v) is 4.36. The smallest absolute Gasteiger partial charge is 0.130 e. The third-order valence-electron chi connectivity index (χ3n) is 4.01. The number of halogens is 2. The standard InChI is InChI=1S/C15H21ClFNO/c16-14-6-3-7-15(17)13(14)10-19-9-12-5-2-1-4-11(12)8-18/h3,6-7,11-12H,1-2,4-5,8-10,18H2. The monoisotopic (exact) mass is 285 g/mol. The van der Waals surface area contributed by atoms with Gasteiger partial charge >= 0.3 is 0 Å². The van der Waals surface area contributed by atoms with Crippen LogP contribution < -0.4 is 5.73 Å².